The van der Waals surface area contributed by atoms with Gasteiger partial charge in [-0.3, -0.25) is 0 Å². The van der Waals surface area contributed by atoms with Crippen LogP contribution >= 0.6 is 0 Å². The van der Waals surface area contributed by atoms with Gasteiger partial charge in [-0.25, -0.2) is 12.8 Å². The Bertz CT molecular complexity index is 811. The molecule has 0 aliphatic carbocycles. The second-order valence-electron chi connectivity index (χ2n) is 6.64. The van der Waals surface area contributed by atoms with Crippen LogP contribution in [0.4, 0.5) is 4.39 Å². The maximum absolute atomic E-state index is 12.9. The summed E-state index contributed by atoms with van der Waals surface area (Å²) in [5.41, 5.74) is 1.10. The molecular formula is C20H24FNO3S. The van der Waals surface area contributed by atoms with E-state index in [0.717, 1.165) is 31.6 Å². The number of benzene rings is 2. The van der Waals surface area contributed by atoms with Crippen molar-refractivity contribution in [3.63, 3.8) is 0 Å². The largest absolute Gasteiger partial charge is 0.497 e. The molecule has 1 fully saturated rings. The van der Waals surface area contributed by atoms with Crippen LogP contribution in [-0.4, -0.2) is 45.3 Å². The van der Waals surface area contributed by atoms with Crippen LogP contribution in [0.2, 0.25) is 0 Å². The Morgan fingerprint density at radius 2 is 1.65 bits per heavy atom. The van der Waals surface area contributed by atoms with E-state index in [2.05, 4.69) is 4.90 Å². The second-order valence-corrected chi connectivity index (χ2v) is 8.87. The maximum atomic E-state index is 12.9. The number of hydrogen-bond donors (Lipinski definition) is 0. The van der Waals surface area contributed by atoms with Gasteiger partial charge >= 0.3 is 0 Å². The molecule has 3 rings (SSSR count). The monoisotopic (exact) mass is 377 g/mol. The van der Waals surface area contributed by atoms with Gasteiger partial charge in [0.05, 0.1) is 17.3 Å². The molecular weight excluding hydrogens is 353 g/mol. The molecule has 1 saturated heterocycles. The summed E-state index contributed by atoms with van der Waals surface area (Å²) in [6, 6.07) is 13.2. The SMILES string of the molecule is COc1ccc(S(=O)(=O)C2CCN(CCc3ccc(F)cc3)CC2)cc1. The summed E-state index contributed by atoms with van der Waals surface area (Å²) in [7, 11) is -1.75. The lowest BCUT2D eigenvalue weighted by atomic mass is 10.1. The van der Waals surface area contributed by atoms with Gasteiger partial charge in [-0.2, -0.15) is 0 Å². The van der Waals surface area contributed by atoms with E-state index in [4.69, 9.17) is 4.74 Å². The number of piperidine rings is 1. The minimum absolute atomic E-state index is 0.224. The highest BCUT2D eigenvalue weighted by atomic mass is 32.2. The van der Waals surface area contributed by atoms with Crippen LogP contribution in [-0.2, 0) is 16.3 Å². The van der Waals surface area contributed by atoms with Crippen LogP contribution in [0.3, 0.4) is 0 Å². The molecule has 0 unspecified atom stereocenters. The van der Waals surface area contributed by atoms with Crippen molar-refractivity contribution in [3.05, 3.63) is 59.9 Å². The molecule has 1 aliphatic rings. The summed E-state index contributed by atoms with van der Waals surface area (Å²) in [4.78, 5) is 2.65. The van der Waals surface area contributed by atoms with Gasteiger partial charge in [0.25, 0.3) is 0 Å². The fourth-order valence-corrected chi connectivity index (χ4v) is 5.07. The standard InChI is InChI=1S/C20H24FNO3S/c1-25-18-6-8-19(9-7-18)26(23,24)20-11-14-22(15-12-20)13-10-16-2-4-17(21)5-3-16/h2-9,20H,10-15H2,1H3. The predicted molar refractivity (Wildman–Crippen MR) is 99.7 cm³/mol. The van der Waals surface area contributed by atoms with Gasteiger partial charge in [-0.05, 0) is 74.3 Å². The van der Waals surface area contributed by atoms with Crippen molar-refractivity contribution in [2.24, 2.45) is 0 Å². The van der Waals surface area contributed by atoms with E-state index >= 15 is 0 Å². The minimum Gasteiger partial charge on any atom is -0.497 e. The van der Waals surface area contributed by atoms with Gasteiger partial charge in [-0.1, -0.05) is 12.1 Å². The molecule has 0 aromatic heterocycles. The predicted octanol–water partition coefficient (Wildman–Crippen LogP) is 3.32. The topological polar surface area (TPSA) is 46.6 Å². The molecule has 2 aromatic rings. The van der Waals surface area contributed by atoms with Crippen LogP contribution in [0, 0.1) is 5.82 Å². The summed E-state index contributed by atoms with van der Waals surface area (Å²) >= 11 is 0. The summed E-state index contributed by atoms with van der Waals surface area (Å²) in [5, 5.41) is -0.335. The number of ether oxygens (including phenoxy) is 1. The first-order valence-electron chi connectivity index (χ1n) is 8.84. The molecule has 4 nitrogen and oxygen atoms in total. The summed E-state index contributed by atoms with van der Waals surface area (Å²) in [6.07, 6.45) is 2.12. The van der Waals surface area contributed by atoms with Crippen molar-refractivity contribution in [1.82, 2.24) is 4.90 Å². The van der Waals surface area contributed by atoms with E-state index in [-0.39, 0.29) is 11.1 Å². The Kier molecular flexibility index (Phi) is 5.94. The van der Waals surface area contributed by atoms with E-state index in [1.807, 2.05) is 0 Å². The molecule has 1 aliphatic heterocycles. The van der Waals surface area contributed by atoms with Crippen LogP contribution in [0.5, 0.6) is 5.75 Å². The van der Waals surface area contributed by atoms with Gasteiger partial charge in [0.1, 0.15) is 11.6 Å². The number of rotatable bonds is 6. The first-order chi connectivity index (χ1) is 12.5. The molecule has 26 heavy (non-hydrogen) atoms. The van der Waals surface area contributed by atoms with Crippen LogP contribution in [0.25, 0.3) is 0 Å². The Labute approximate surface area is 154 Å². The van der Waals surface area contributed by atoms with Gasteiger partial charge in [0.15, 0.2) is 9.84 Å². The molecule has 0 spiro atoms. The third kappa shape index (κ3) is 4.43. The van der Waals surface area contributed by atoms with Crippen molar-refractivity contribution in [3.8, 4) is 5.75 Å². The number of nitrogens with zero attached hydrogens (tertiary/aromatic N) is 1. The first-order valence-corrected chi connectivity index (χ1v) is 10.4. The van der Waals surface area contributed by atoms with Crippen molar-refractivity contribution in [2.75, 3.05) is 26.7 Å². The molecule has 1 heterocycles. The van der Waals surface area contributed by atoms with Crippen LogP contribution < -0.4 is 4.74 Å². The van der Waals surface area contributed by atoms with Crippen molar-refractivity contribution in [2.45, 2.75) is 29.4 Å². The molecule has 140 valence electrons. The zero-order valence-corrected chi connectivity index (χ0v) is 15.7. The molecule has 6 heteroatoms. The number of sulfone groups is 1. The Morgan fingerprint density at radius 1 is 1.04 bits per heavy atom. The highest BCUT2D eigenvalue weighted by Crippen LogP contribution is 2.26. The van der Waals surface area contributed by atoms with Crippen LogP contribution in [0.15, 0.2) is 53.4 Å². The normalized spacial score (nSPS) is 16.5. The molecule has 0 radical (unpaired) electrons. The molecule has 0 amide bonds. The van der Waals surface area contributed by atoms with Crippen molar-refractivity contribution >= 4 is 9.84 Å². The highest BCUT2D eigenvalue weighted by molar-refractivity contribution is 7.92. The Hall–Kier alpha value is -1.92. The lowest BCUT2D eigenvalue weighted by Crippen LogP contribution is -2.40. The van der Waals surface area contributed by atoms with Gasteiger partial charge in [-0.15, -0.1) is 0 Å². The van der Waals surface area contributed by atoms with Gasteiger partial charge < -0.3 is 9.64 Å². The smallest absolute Gasteiger partial charge is 0.181 e. The molecule has 0 atom stereocenters. The van der Waals surface area contributed by atoms with E-state index in [1.54, 1.807) is 43.5 Å². The molecule has 2 aromatic carbocycles. The first kappa shape index (κ1) is 18.9. The summed E-state index contributed by atoms with van der Waals surface area (Å²) in [6.45, 7) is 2.39. The van der Waals surface area contributed by atoms with Gasteiger partial charge in [0.2, 0.25) is 0 Å². The zero-order valence-electron chi connectivity index (χ0n) is 14.9. The fraction of sp³-hybridized carbons (Fsp3) is 0.400. The van der Waals surface area contributed by atoms with E-state index in [1.165, 1.54) is 12.1 Å². The molecule has 0 saturated carbocycles. The third-order valence-electron chi connectivity index (χ3n) is 4.99. The lowest BCUT2D eigenvalue weighted by Gasteiger charge is -2.31. The average Bonchev–Trinajstić information content (AvgIpc) is 2.68. The number of methoxy groups -OCH3 is 1. The van der Waals surface area contributed by atoms with Crippen molar-refractivity contribution in [1.29, 1.82) is 0 Å². The van der Waals surface area contributed by atoms with Crippen molar-refractivity contribution < 1.29 is 17.5 Å². The van der Waals surface area contributed by atoms with Gasteiger partial charge in [0, 0.05) is 6.54 Å². The van der Waals surface area contributed by atoms with E-state index in [9.17, 15) is 12.8 Å². The summed E-state index contributed by atoms with van der Waals surface area (Å²) < 4.78 is 43.7. The zero-order chi connectivity index (χ0) is 18.6. The second kappa shape index (κ2) is 8.18. The third-order valence-corrected chi connectivity index (χ3v) is 7.27. The highest BCUT2D eigenvalue weighted by Gasteiger charge is 2.31. The molecule has 0 bridgehead atoms. The quantitative estimate of drug-likeness (QED) is 0.775. The summed E-state index contributed by atoms with van der Waals surface area (Å²) in [5.74, 6) is 0.429. The Balaban J connectivity index is 1.54. The van der Waals surface area contributed by atoms with Crippen LogP contribution in [0.1, 0.15) is 18.4 Å². The maximum Gasteiger partial charge on any atom is 0.181 e. The fourth-order valence-electron chi connectivity index (χ4n) is 3.34. The minimum atomic E-state index is -3.31. The van der Waals surface area contributed by atoms with E-state index < -0.39 is 9.84 Å². The lowest BCUT2D eigenvalue weighted by molar-refractivity contribution is 0.232. The number of likely N-dealkylation sites (tertiary alicyclic amines) is 1. The molecule has 0 N–H and O–H groups in total. The number of halogens is 1. The Morgan fingerprint density at radius 3 is 2.23 bits per heavy atom. The average molecular weight is 377 g/mol. The number of hydrogen-bond acceptors (Lipinski definition) is 4. The van der Waals surface area contributed by atoms with E-state index in [0.29, 0.717) is 23.5 Å².